The predicted octanol–water partition coefficient (Wildman–Crippen LogP) is 2.82. The van der Waals surface area contributed by atoms with E-state index in [9.17, 15) is 4.79 Å². The Kier molecular flexibility index (Phi) is 4.96. The standard InChI is InChI=1S/C14H22N2O3/c1-10(11-6-4-2-3-5-7-11)15-9-12-8-13(14(17)18)16-19-12/h8,10-11,15H,2-7,9H2,1H3,(H,17,18)/t10-/m0/s1. The van der Waals surface area contributed by atoms with Gasteiger partial charge in [0.1, 0.15) is 0 Å². The highest BCUT2D eigenvalue weighted by Crippen LogP contribution is 2.25. The van der Waals surface area contributed by atoms with E-state index in [1.165, 1.54) is 44.6 Å². The van der Waals surface area contributed by atoms with Crippen molar-refractivity contribution in [2.24, 2.45) is 5.92 Å². The predicted molar refractivity (Wildman–Crippen MR) is 71.0 cm³/mol. The zero-order valence-electron chi connectivity index (χ0n) is 11.4. The third kappa shape index (κ3) is 4.06. The van der Waals surface area contributed by atoms with Gasteiger partial charge in [-0.15, -0.1) is 0 Å². The van der Waals surface area contributed by atoms with E-state index in [1.54, 1.807) is 0 Å². The van der Waals surface area contributed by atoms with E-state index in [2.05, 4.69) is 17.4 Å². The smallest absolute Gasteiger partial charge is 0.358 e. The van der Waals surface area contributed by atoms with Crippen LogP contribution in [0.25, 0.3) is 0 Å². The average molecular weight is 266 g/mol. The number of carboxylic acid groups (broad SMARTS) is 1. The van der Waals surface area contributed by atoms with Crippen molar-refractivity contribution in [2.75, 3.05) is 0 Å². The summed E-state index contributed by atoms with van der Waals surface area (Å²) in [5.41, 5.74) is -0.0288. The molecule has 1 saturated carbocycles. The summed E-state index contributed by atoms with van der Waals surface area (Å²) in [6, 6.07) is 1.91. The molecular formula is C14H22N2O3. The van der Waals surface area contributed by atoms with Crippen LogP contribution in [0.3, 0.4) is 0 Å². The summed E-state index contributed by atoms with van der Waals surface area (Å²) in [5, 5.41) is 15.7. The first kappa shape index (κ1) is 14.1. The fraction of sp³-hybridized carbons (Fsp3) is 0.714. The second-order valence-corrected chi connectivity index (χ2v) is 5.40. The van der Waals surface area contributed by atoms with Crippen LogP contribution in [0, 0.1) is 5.92 Å². The highest BCUT2D eigenvalue weighted by molar-refractivity contribution is 5.85. The van der Waals surface area contributed by atoms with Gasteiger partial charge in [0.2, 0.25) is 0 Å². The van der Waals surface area contributed by atoms with Gasteiger partial charge in [0.05, 0.1) is 6.54 Å². The van der Waals surface area contributed by atoms with E-state index < -0.39 is 5.97 Å². The molecule has 2 rings (SSSR count). The Hall–Kier alpha value is -1.36. The summed E-state index contributed by atoms with van der Waals surface area (Å²) >= 11 is 0. The van der Waals surface area contributed by atoms with Crippen molar-refractivity contribution in [1.82, 2.24) is 10.5 Å². The lowest BCUT2D eigenvalue weighted by molar-refractivity contribution is 0.0685. The molecule has 106 valence electrons. The fourth-order valence-electron chi connectivity index (χ4n) is 2.74. The summed E-state index contributed by atoms with van der Waals surface area (Å²) in [7, 11) is 0. The fourth-order valence-corrected chi connectivity index (χ4v) is 2.74. The molecule has 0 saturated heterocycles. The maximum Gasteiger partial charge on any atom is 0.358 e. The molecule has 0 aromatic carbocycles. The van der Waals surface area contributed by atoms with Crippen LogP contribution in [-0.4, -0.2) is 22.3 Å². The van der Waals surface area contributed by atoms with Crippen molar-refractivity contribution < 1.29 is 14.4 Å². The summed E-state index contributed by atoms with van der Waals surface area (Å²) < 4.78 is 5.00. The van der Waals surface area contributed by atoms with E-state index >= 15 is 0 Å². The molecule has 1 heterocycles. The Morgan fingerprint density at radius 2 is 2.16 bits per heavy atom. The van der Waals surface area contributed by atoms with Crippen LogP contribution in [0.2, 0.25) is 0 Å². The largest absolute Gasteiger partial charge is 0.476 e. The molecule has 0 amide bonds. The third-order valence-electron chi connectivity index (χ3n) is 3.98. The molecule has 1 atom stereocenters. The Bertz CT molecular complexity index is 409. The monoisotopic (exact) mass is 266 g/mol. The van der Waals surface area contributed by atoms with Crippen molar-refractivity contribution in [2.45, 2.75) is 58.0 Å². The number of aromatic carboxylic acids is 1. The Morgan fingerprint density at radius 3 is 2.74 bits per heavy atom. The molecule has 1 aromatic heterocycles. The van der Waals surface area contributed by atoms with E-state index in [1.807, 2.05) is 0 Å². The molecule has 1 aromatic rings. The highest BCUT2D eigenvalue weighted by Gasteiger charge is 2.19. The Morgan fingerprint density at radius 1 is 1.47 bits per heavy atom. The Labute approximate surface area is 113 Å². The van der Waals surface area contributed by atoms with Crippen LogP contribution in [0.15, 0.2) is 10.6 Å². The number of aromatic nitrogens is 1. The van der Waals surface area contributed by atoms with Gasteiger partial charge in [-0.1, -0.05) is 30.8 Å². The molecule has 0 aliphatic heterocycles. The molecule has 0 spiro atoms. The lowest BCUT2D eigenvalue weighted by Gasteiger charge is -2.23. The summed E-state index contributed by atoms with van der Waals surface area (Å²) in [6.45, 7) is 2.74. The number of carboxylic acids is 1. The second kappa shape index (κ2) is 6.70. The number of carbonyl (C=O) groups is 1. The first-order valence-corrected chi connectivity index (χ1v) is 7.09. The van der Waals surface area contributed by atoms with Crippen LogP contribution in [0.5, 0.6) is 0 Å². The SMILES string of the molecule is C[C@H](NCc1cc(C(=O)O)no1)C1CCCCCC1. The zero-order valence-corrected chi connectivity index (χ0v) is 11.4. The maximum atomic E-state index is 10.7. The van der Waals surface area contributed by atoms with Crippen molar-refractivity contribution in [3.63, 3.8) is 0 Å². The number of rotatable bonds is 5. The lowest BCUT2D eigenvalue weighted by Crippen LogP contribution is -2.32. The first-order chi connectivity index (χ1) is 9.16. The summed E-state index contributed by atoms with van der Waals surface area (Å²) in [4.78, 5) is 10.7. The normalized spacial score (nSPS) is 19.0. The minimum Gasteiger partial charge on any atom is -0.476 e. The lowest BCUT2D eigenvalue weighted by atomic mass is 9.93. The number of nitrogens with one attached hydrogen (secondary N) is 1. The van der Waals surface area contributed by atoms with E-state index in [-0.39, 0.29) is 5.69 Å². The first-order valence-electron chi connectivity index (χ1n) is 7.09. The number of hydrogen-bond donors (Lipinski definition) is 2. The van der Waals surface area contributed by atoms with E-state index in [4.69, 9.17) is 9.63 Å². The molecule has 5 heteroatoms. The van der Waals surface area contributed by atoms with E-state index in [0.29, 0.717) is 24.3 Å². The summed E-state index contributed by atoms with van der Waals surface area (Å²) in [6.07, 6.45) is 7.92. The van der Waals surface area contributed by atoms with Gasteiger partial charge in [-0.05, 0) is 25.7 Å². The topological polar surface area (TPSA) is 75.4 Å². The van der Waals surface area contributed by atoms with Gasteiger partial charge in [0, 0.05) is 12.1 Å². The maximum absolute atomic E-state index is 10.7. The molecule has 0 radical (unpaired) electrons. The summed E-state index contributed by atoms with van der Waals surface area (Å²) in [5.74, 6) is 0.244. The van der Waals surface area contributed by atoms with Gasteiger partial charge in [-0.25, -0.2) is 4.79 Å². The van der Waals surface area contributed by atoms with Gasteiger partial charge in [-0.2, -0.15) is 0 Å². The Balaban J connectivity index is 1.81. The minimum absolute atomic E-state index is 0.0288. The van der Waals surface area contributed by atoms with Gasteiger partial charge in [-0.3, -0.25) is 0 Å². The van der Waals surface area contributed by atoms with Crippen molar-refractivity contribution in [3.05, 3.63) is 17.5 Å². The van der Waals surface area contributed by atoms with Crippen LogP contribution < -0.4 is 5.32 Å². The number of hydrogen-bond acceptors (Lipinski definition) is 4. The molecule has 0 bridgehead atoms. The molecule has 19 heavy (non-hydrogen) atoms. The molecule has 0 unspecified atom stereocenters. The molecule has 1 fully saturated rings. The molecular weight excluding hydrogens is 244 g/mol. The van der Waals surface area contributed by atoms with Crippen LogP contribution in [0.4, 0.5) is 0 Å². The van der Waals surface area contributed by atoms with Crippen molar-refractivity contribution in [3.8, 4) is 0 Å². The van der Waals surface area contributed by atoms with Gasteiger partial charge >= 0.3 is 5.97 Å². The quantitative estimate of drug-likeness (QED) is 0.801. The van der Waals surface area contributed by atoms with Gasteiger partial charge in [0.15, 0.2) is 11.5 Å². The van der Waals surface area contributed by atoms with Crippen LogP contribution in [0.1, 0.15) is 61.7 Å². The molecule has 5 nitrogen and oxygen atoms in total. The highest BCUT2D eigenvalue weighted by atomic mass is 16.5. The van der Waals surface area contributed by atoms with Crippen LogP contribution in [-0.2, 0) is 6.54 Å². The minimum atomic E-state index is -1.05. The second-order valence-electron chi connectivity index (χ2n) is 5.40. The molecule has 2 N–H and O–H groups in total. The molecule has 1 aliphatic carbocycles. The van der Waals surface area contributed by atoms with Gasteiger partial charge < -0.3 is 14.9 Å². The van der Waals surface area contributed by atoms with Crippen molar-refractivity contribution in [1.29, 1.82) is 0 Å². The van der Waals surface area contributed by atoms with E-state index in [0.717, 1.165) is 0 Å². The zero-order chi connectivity index (χ0) is 13.7. The van der Waals surface area contributed by atoms with Gasteiger partial charge in [0.25, 0.3) is 0 Å². The third-order valence-corrected chi connectivity index (χ3v) is 3.98. The van der Waals surface area contributed by atoms with Crippen LogP contribution >= 0.6 is 0 Å². The number of nitrogens with zero attached hydrogens (tertiary/aromatic N) is 1. The molecule has 1 aliphatic rings. The van der Waals surface area contributed by atoms with Crippen molar-refractivity contribution >= 4 is 5.97 Å². The average Bonchev–Trinajstić information content (AvgIpc) is 2.70.